The first kappa shape index (κ1) is 26.3. The second-order valence-corrected chi connectivity index (χ2v) is 11.3. The Morgan fingerprint density at radius 3 is 2.58 bits per heavy atom. The van der Waals surface area contributed by atoms with E-state index < -0.39 is 10.8 Å². The SMILES string of the molecule is COc1cc(Nc2c(C#N)cnc3cc(-c4coc(CN5CCS(=O)CC5)c4)c(OC)cc23)c(Cl)cc1Cl. The van der Waals surface area contributed by atoms with Crippen LogP contribution < -0.4 is 14.8 Å². The number of aromatic nitrogens is 1. The quantitative estimate of drug-likeness (QED) is 0.289. The normalized spacial score (nSPS) is 14.4. The highest BCUT2D eigenvalue weighted by molar-refractivity contribution is 7.85. The molecule has 3 heterocycles. The summed E-state index contributed by atoms with van der Waals surface area (Å²) in [6.07, 6.45) is 3.22. The highest BCUT2D eigenvalue weighted by Crippen LogP contribution is 2.41. The smallest absolute Gasteiger partial charge is 0.139 e. The van der Waals surface area contributed by atoms with Gasteiger partial charge in [0.15, 0.2) is 0 Å². The molecule has 0 unspecified atom stereocenters. The second kappa shape index (κ2) is 11.2. The molecule has 11 heteroatoms. The molecule has 2 aromatic heterocycles. The molecule has 2 aromatic carbocycles. The molecule has 4 aromatic rings. The number of anilines is 2. The minimum atomic E-state index is -0.724. The number of hydrogen-bond acceptors (Lipinski definition) is 8. The molecule has 38 heavy (non-hydrogen) atoms. The number of hydrogen-bond donors (Lipinski definition) is 1. The van der Waals surface area contributed by atoms with Crippen molar-refractivity contribution >= 4 is 56.3 Å². The summed E-state index contributed by atoms with van der Waals surface area (Å²) < 4.78 is 28.6. The number of pyridine rings is 1. The van der Waals surface area contributed by atoms with Gasteiger partial charge in [-0.25, -0.2) is 0 Å². The van der Waals surface area contributed by atoms with Crippen LogP contribution in [-0.2, 0) is 17.3 Å². The first-order chi connectivity index (χ1) is 18.4. The fourth-order valence-corrected chi connectivity index (χ4v) is 6.04. The number of ether oxygens (including phenoxy) is 2. The number of fused-ring (bicyclic) bond motifs is 1. The molecule has 5 rings (SSSR count). The first-order valence-corrected chi connectivity index (χ1v) is 14.0. The van der Waals surface area contributed by atoms with Gasteiger partial charge < -0.3 is 19.2 Å². The van der Waals surface area contributed by atoms with Crippen molar-refractivity contribution in [2.75, 3.05) is 44.1 Å². The summed E-state index contributed by atoms with van der Waals surface area (Å²) in [5, 5.41) is 14.5. The Morgan fingerprint density at radius 2 is 1.87 bits per heavy atom. The van der Waals surface area contributed by atoms with Gasteiger partial charge in [-0.15, -0.1) is 0 Å². The second-order valence-electron chi connectivity index (χ2n) is 8.75. The van der Waals surface area contributed by atoms with Crippen molar-refractivity contribution in [1.82, 2.24) is 9.88 Å². The fourth-order valence-electron chi connectivity index (χ4n) is 4.41. The summed E-state index contributed by atoms with van der Waals surface area (Å²) in [4.78, 5) is 6.77. The lowest BCUT2D eigenvalue weighted by Crippen LogP contribution is -2.37. The summed E-state index contributed by atoms with van der Waals surface area (Å²) >= 11 is 12.6. The lowest BCUT2D eigenvalue weighted by atomic mass is 10.0. The van der Waals surface area contributed by atoms with Crippen molar-refractivity contribution in [1.29, 1.82) is 5.26 Å². The monoisotopic (exact) mass is 570 g/mol. The number of rotatable bonds is 7. The Balaban J connectivity index is 1.52. The average Bonchev–Trinajstić information content (AvgIpc) is 3.39. The Kier molecular flexibility index (Phi) is 7.77. The van der Waals surface area contributed by atoms with Crippen molar-refractivity contribution in [2.45, 2.75) is 6.54 Å². The summed E-state index contributed by atoms with van der Waals surface area (Å²) in [5.74, 6) is 3.23. The van der Waals surface area contributed by atoms with Gasteiger partial charge in [0, 0.05) is 64.2 Å². The van der Waals surface area contributed by atoms with Crippen molar-refractivity contribution in [3.05, 3.63) is 64.2 Å². The molecule has 8 nitrogen and oxygen atoms in total. The van der Waals surface area contributed by atoms with Crippen molar-refractivity contribution in [2.24, 2.45) is 0 Å². The maximum atomic E-state index is 11.7. The van der Waals surface area contributed by atoms with E-state index in [9.17, 15) is 9.47 Å². The third kappa shape index (κ3) is 5.31. The van der Waals surface area contributed by atoms with Crippen LogP contribution in [0.2, 0.25) is 10.0 Å². The number of nitriles is 1. The van der Waals surface area contributed by atoms with E-state index >= 15 is 0 Å². The van der Waals surface area contributed by atoms with Gasteiger partial charge in [0.25, 0.3) is 0 Å². The van der Waals surface area contributed by atoms with E-state index in [1.165, 1.54) is 13.3 Å². The zero-order valence-electron chi connectivity index (χ0n) is 20.7. The summed E-state index contributed by atoms with van der Waals surface area (Å²) in [6, 6.07) is 11.2. The molecule has 1 aliphatic rings. The fraction of sp³-hybridized carbons (Fsp3) is 0.259. The van der Waals surface area contributed by atoms with Crippen LogP contribution in [0.3, 0.4) is 0 Å². The lowest BCUT2D eigenvalue weighted by Gasteiger charge is -2.24. The van der Waals surface area contributed by atoms with E-state index in [0.717, 1.165) is 30.0 Å². The van der Waals surface area contributed by atoms with Gasteiger partial charge in [0.1, 0.15) is 23.3 Å². The largest absolute Gasteiger partial charge is 0.496 e. The van der Waals surface area contributed by atoms with E-state index in [-0.39, 0.29) is 0 Å². The molecule has 1 fully saturated rings. The number of nitrogens with zero attached hydrogens (tertiary/aromatic N) is 3. The number of nitrogens with one attached hydrogen (secondary N) is 1. The Labute approximate surface area is 232 Å². The van der Waals surface area contributed by atoms with E-state index in [1.54, 1.807) is 25.5 Å². The van der Waals surface area contributed by atoms with Gasteiger partial charge in [0.2, 0.25) is 0 Å². The van der Waals surface area contributed by atoms with E-state index in [2.05, 4.69) is 21.3 Å². The maximum absolute atomic E-state index is 11.7. The van der Waals surface area contributed by atoms with Crippen LogP contribution in [0.25, 0.3) is 22.0 Å². The number of halogens is 2. The number of benzene rings is 2. The minimum absolute atomic E-state index is 0.338. The first-order valence-electron chi connectivity index (χ1n) is 11.8. The number of methoxy groups -OCH3 is 2. The third-order valence-electron chi connectivity index (χ3n) is 6.43. The molecular weight excluding hydrogens is 547 g/mol. The predicted molar refractivity (Wildman–Crippen MR) is 150 cm³/mol. The predicted octanol–water partition coefficient (Wildman–Crippen LogP) is 6.00. The standard InChI is InChI=1S/C27H24Cl2N4O4S/c1-35-25-9-20-23(8-19(25)16-7-18(37-15-16)14-33-3-5-38(34)6-4-33)31-13-17(12-30)27(20)32-24-11-26(36-2)22(29)10-21(24)28/h7-11,13,15H,3-6,14H2,1-2H3,(H,31,32). The molecule has 0 amide bonds. The Bertz CT molecular complexity index is 1570. The molecule has 1 aliphatic heterocycles. The van der Waals surface area contributed by atoms with Crippen LogP contribution >= 0.6 is 23.2 Å². The van der Waals surface area contributed by atoms with Crippen molar-refractivity contribution in [3.63, 3.8) is 0 Å². The third-order valence-corrected chi connectivity index (χ3v) is 8.31. The zero-order valence-corrected chi connectivity index (χ0v) is 23.0. The molecular formula is C27H24Cl2N4O4S. The average molecular weight is 571 g/mol. The zero-order chi connectivity index (χ0) is 26.8. The molecule has 0 saturated carbocycles. The summed E-state index contributed by atoms with van der Waals surface area (Å²) in [5.41, 5.74) is 3.71. The Hall–Kier alpha value is -3.29. The van der Waals surface area contributed by atoms with Crippen LogP contribution in [-0.4, -0.2) is 52.9 Å². The maximum Gasteiger partial charge on any atom is 0.139 e. The lowest BCUT2D eigenvalue weighted by molar-refractivity contribution is 0.265. The summed E-state index contributed by atoms with van der Waals surface area (Å²) in [6.45, 7) is 2.22. The van der Waals surface area contributed by atoms with Crippen LogP contribution in [0.15, 0.2) is 47.2 Å². The highest BCUT2D eigenvalue weighted by atomic mass is 35.5. The van der Waals surface area contributed by atoms with Gasteiger partial charge in [-0.1, -0.05) is 23.2 Å². The van der Waals surface area contributed by atoms with E-state index in [1.807, 2.05) is 18.2 Å². The molecule has 0 radical (unpaired) electrons. The van der Waals surface area contributed by atoms with Crippen LogP contribution in [0.5, 0.6) is 11.5 Å². The molecule has 1 N–H and O–H groups in total. The van der Waals surface area contributed by atoms with Crippen LogP contribution in [0.1, 0.15) is 11.3 Å². The van der Waals surface area contributed by atoms with Gasteiger partial charge in [-0.05, 0) is 24.3 Å². The molecule has 0 bridgehead atoms. The number of furan rings is 1. The highest BCUT2D eigenvalue weighted by Gasteiger charge is 2.20. The molecule has 0 aliphatic carbocycles. The van der Waals surface area contributed by atoms with E-state index in [0.29, 0.717) is 67.4 Å². The molecule has 0 atom stereocenters. The topological polar surface area (TPSA) is 101 Å². The molecule has 1 saturated heterocycles. The van der Waals surface area contributed by atoms with Crippen LogP contribution in [0, 0.1) is 11.3 Å². The van der Waals surface area contributed by atoms with Crippen molar-refractivity contribution in [3.8, 4) is 28.7 Å². The Morgan fingerprint density at radius 1 is 1.11 bits per heavy atom. The van der Waals surface area contributed by atoms with Gasteiger partial charge in [-0.3, -0.25) is 14.1 Å². The summed E-state index contributed by atoms with van der Waals surface area (Å²) in [7, 11) is 2.39. The van der Waals surface area contributed by atoms with Gasteiger partial charge in [-0.2, -0.15) is 5.26 Å². The molecule has 0 spiro atoms. The van der Waals surface area contributed by atoms with Gasteiger partial charge >= 0.3 is 0 Å². The van der Waals surface area contributed by atoms with Crippen LogP contribution in [0.4, 0.5) is 11.4 Å². The van der Waals surface area contributed by atoms with Crippen molar-refractivity contribution < 1.29 is 18.1 Å². The van der Waals surface area contributed by atoms with E-state index in [4.69, 9.17) is 37.1 Å². The minimum Gasteiger partial charge on any atom is -0.496 e. The van der Waals surface area contributed by atoms with Gasteiger partial charge in [0.05, 0.1) is 59.5 Å². The molecule has 196 valence electrons.